The van der Waals surface area contributed by atoms with Gasteiger partial charge < -0.3 is 14.8 Å². The highest BCUT2D eigenvalue weighted by molar-refractivity contribution is 8.00. The summed E-state index contributed by atoms with van der Waals surface area (Å²) in [5, 5.41) is 7.63. The van der Waals surface area contributed by atoms with E-state index < -0.39 is 5.41 Å². The Morgan fingerprint density at radius 1 is 1.23 bits per heavy atom. The molecule has 0 radical (unpaired) electrons. The zero-order valence-corrected chi connectivity index (χ0v) is 24.1. The van der Waals surface area contributed by atoms with E-state index in [1.54, 1.807) is 17.9 Å². The Morgan fingerprint density at radius 2 is 2.00 bits per heavy atom. The molecule has 1 aromatic heterocycles. The highest BCUT2D eigenvalue weighted by Gasteiger charge is 2.40. The maximum atomic E-state index is 14.4. The Bertz CT molecular complexity index is 1380. The summed E-state index contributed by atoms with van der Waals surface area (Å²) in [6.07, 6.45) is 1.87. The first-order chi connectivity index (χ1) is 19.2. The lowest BCUT2D eigenvalue weighted by Crippen LogP contribution is -2.44. The van der Waals surface area contributed by atoms with Crippen molar-refractivity contribution in [3.8, 4) is 11.4 Å². The predicted octanol–water partition coefficient (Wildman–Crippen LogP) is 4.78. The van der Waals surface area contributed by atoms with E-state index in [2.05, 4.69) is 26.1 Å². The minimum atomic E-state index is -0.408. The van der Waals surface area contributed by atoms with E-state index in [9.17, 15) is 14.0 Å². The Hall–Kier alpha value is -3.37. The van der Waals surface area contributed by atoms with Crippen LogP contribution < -0.4 is 15.0 Å². The molecule has 0 spiro atoms. The van der Waals surface area contributed by atoms with Gasteiger partial charge in [-0.15, -0.1) is 11.8 Å². The number of hydrogen-bond donors (Lipinski definition) is 1. The van der Waals surface area contributed by atoms with E-state index in [4.69, 9.17) is 14.6 Å². The van der Waals surface area contributed by atoms with Crippen LogP contribution in [0.4, 0.5) is 10.2 Å². The van der Waals surface area contributed by atoms with Gasteiger partial charge in [-0.1, -0.05) is 32.9 Å². The Balaban J connectivity index is 1.65. The molecule has 3 heterocycles. The Morgan fingerprint density at radius 3 is 2.65 bits per heavy atom. The molecule has 2 amide bonds. The van der Waals surface area contributed by atoms with E-state index in [0.717, 1.165) is 35.3 Å². The normalized spacial score (nSPS) is 19.3. The SMILES string of the molecule is COc1ccc(-n2nc(C(C)(C)C)c3c2N(CC(=O)NC[C@@H]2CCCO2)C(=O)CS[C@@H]3c2cccc(F)c2)cc1. The largest absolute Gasteiger partial charge is 0.497 e. The lowest BCUT2D eigenvalue weighted by molar-refractivity contribution is -0.123. The number of hydrogen-bond acceptors (Lipinski definition) is 6. The van der Waals surface area contributed by atoms with Crippen molar-refractivity contribution in [3.05, 3.63) is 71.2 Å². The van der Waals surface area contributed by atoms with Crippen LogP contribution in [0.3, 0.4) is 0 Å². The molecular weight excluding hydrogens is 531 g/mol. The van der Waals surface area contributed by atoms with E-state index in [0.29, 0.717) is 24.7 Å². The van der Waals surface area contributed by atoms with Gasteiger partial charge >= 0.3 is 0 Å². The summed E-state index contributed by atoms with van der Waals surface area (Å²) in [6.45, 7) is 7.12. The van der Waals surface area contributed by atoms with Crippen molar-refractivity contribution in [2.75, 3.05) is 37.5 Å². The van der Waals surface area contributed by atoms with Gasteiger partial charge in [0, 0.05) is 24.1 Å². The molecule has 2 aromatic carbocycles. The first-order valence-corrected chi connectivity index (χ1v) is 14.5. The lowest BCUT2D eigenvalue weighted by atomic mass is 9.87. The first kappa shape index (κ1) is 28.2. The number of benzene rings is 2. The molecule has 0 unspecified atom stereocenters. The van der Waals surface area contributed by atoms with Crippen molar-refractivity contribution in [1.29, 1.82) is 0 Å². The molecule has 0 bridgehead atoms. The quantitative estimate of drug-likeness (QED) is 0.443. The van der Waals surface area contributed by atoms with Crippen LogP contribution in [0.5, 0.6) is 5.75 Å². The van der Waals surface area contributed by atoms with Crippen LogP contribution in [0.25, 0.3) is 5.69 Å². The monoisotopic (exact) mass is 566 g/mol. The second kappa shape index (κ2) is 11.6. The van der Waals surface area contributed by atoms with Crippen LogP contribution in [0.1, 0.15) is 55.7 Å². The van der Waals surface area contributed by atoms with Crippen LogP contribution in [0, 0.1) is 5.82 Å². The van der Waals surface area contributed by atoms with Crippen molar-refractivity contribution in [1.82, 2.24) is 15.1 Å². The lowest BCUT2D eigenvalue weighted by Gasteiger charge is -2.25. The molecule has 1 N–H and O–H groups in total. The van der Waals surface area contributed by atoms with Gasteiger partial charge in [-0.25, -0.2) is 9.07 Å². The van der Waals surface area contributed by atoms with Gasteiger partial charge in [-0.3, -0.25) is 14.5 Å². The predicted molar refractivity (Wildman–Crippen MR) is 154 cm³/mol. The number of nitrogens with one attached hydrogen (secondary N) is 1. The molecule has 40 heavy (non-hydrogen) atoms. The number of amides is 2. The second-order valence-corrected chi connectivity index (χ2v) is 12.2. The van der Waals surface area contributed by atoms with Gasteiger partial charge in [0.25, 0.3) is 0 Å². The first-order valence-electron chi connectivity index (χ1n) is 13.5. The molecule has 10 heteroatoms. The zero-order chi connectivity index (χ0) is 28.4. The minimum absolute atomic E-state index is 0.00965. The number of carbonyl (C=O) groups excluding carboxylic acids is 2. The number of halogens is 1. The van der Waals surface area contributed by atoms with Gasteiger partial charge in [-0.2, -0.15) is 5.10 Å². The number of aromatic nitrogens is 2. The topological polar surface area (TPSA) is 85.7 Å². The van der Waals surface area contributed by atoms with Gasteiger partial charge in [-0.05, 0) is 54.8 Å². The maximum Gasteiger partial charge on any atom is 0.240 e. The number of fused-ring (bicyclic) bond motifs is 1. The van der Waals surface area contributed by atoms with Crippen molar-refractivity contribution in [2.45, 2.75) is 50.4 Å². The molecule has 212 valence electrons. The Labute approximate surface area is 238 Å². The molecule has 1 fully saturated rings. The van der Waals surface area contributed by atoms with Crippen LogP contribution in [-0.2, 0) is 19.7 Å². The molecule has 2 aliphatic rings. The summed E-state index contributed by atoms with van der Waals surface area (Å²) in [5.74, 6) is 0.497. The third kappa shape index (κ3) is 5.88. The van der Waals surface area contributed by atoms with Crippen LogP contribution in [0.15, 0.2) is 48.5 Å². The van der Waals surface area contributed by atoms with Gasteiger partial charge in [0.05, 0.1) is 35.6 Å². The van der Waals surface area contributed by atoms with Crippen LogP contribution in [0.2, 0.25) is 0 Å². The minimum Gasteiger partial charge on any atom is -0.497 e. The fraction of sp³-hybridized carbons (Fsp3) is 0.433. The standard InChI is InChI=1S/C30H35FN4O4S/c1-30(2,3)28-26-27(19-7-5-8-20(31)15-19)40-18-25(37)34(17-24(36)32-16-23-9-6-14-39-23)29(26)35(33-28)21-10-12-22(38-4)13-11-21/h5,7-8,10-13,15,23,27H,6,9,14,16-18H2,1-4H3,(H,32,36)/t23-,27+/m0/s1. The zero-order valence-electron chi connectivity index (χ0n) is 23.3. The molecule has 0 saturated carbocycles. The molecule has 2 atom stereocenters. The number of ether oxygens (including phenoxy) is 2. The highest BCUT2D eigenvalue weighted by atomic mass is 32.2. The summed E-state index contributed by atoms with van der Waals surface area (Å²) in [7, 11) is 1.60. The molecule has 2 aliphatic heterocycles. The van der Waals surface area contributed by atoms with Crippen molar-refractivity contribution in [3.63, 3.8) is 0 Å². The fourth-order valence-corrected chi connectivity index (χ4v) is 6.33. The third-order valence-electron chi connectivity index (χ3n) is 7.12. The molecular formula is C30H35FN4O4S. The molecule has 1 saturated heterocycles. The summed E-state index contributed by atoms with van der Waals surface area (Å²) in [6, 6.07) is 13.9. The van der Waals surface area contributed by atoms with E-state index in [-0.39, 0.29) is 41.3 Å². The van der Waals surface area contributed by atoms with E-state index in [1.807, 2.05) is 30.3 Å². The van der Waals surface area contributed by atoms with Gasteiger partial charge in [0.1, 0.15) is 23.9 Å². The van der Waals surface area contributed by atoms with Crippen molar-refractivity contribution < 1.29 is 23.5 Å². The van der Waals surface area contributed by atoms with Crippen LogP contribution >= 0.6 is 11.8 Å². The van der Waals surface area contributed by atoms with Crippen LogP contribution in [-0.4, -0.2) is 60.3 Å². The fourth-order valence-electron chi connectivity index (χ4n) is 5.14. The average molecular weight is 567 g/mol. The third-order valence-corrected chi connectivity index (χ3v) is 8.38. The highest BCUT2D eigenvalue weighted by Crippen LogP contribution is 2.48. The molecule has 3 aromatic rings. The number of carbonyl (C=O) groups is 2. The van der Waals surface area contributed by atoms with Crippen molar-refractivity contribution in [2.24, 2.45) is 0 Å². The summed E-state index contributed by atoms with van der Waals surface area (Å²) in [5.41, 5.74) is 2.63. The van der Waals surface area contributed by atoms with E-state index in [1.165, 1.54) is 28.8 Å². The summed E-state index contributed by atoms with van der Waals surface area (Å²) >= 11 is 1.42. The number of methoxy groups -OCH3 is 1. The Kier molecular flexibility index (Phi) is 8.19. The van der Waals surface area contributed by atoms with Gasteiger partial charge in [0.15, 0.2) is 0 Å². The van der Waals surface area contributed by atoms with Crippen molar-refractivity contribution >= 4 is 29.4 Å². The number of thioether (sulfide) groups is 1. The second-order valence-electron chi connectivity index (χ2n) is 11.1. The number of rotatable bonds is 7. The number of nitrogens with zero attached hydrogens (tertiary/aromatic N) is 3. The number of anilines is 1. The molecule has 5 rings (SSSR count). The average Bonchev–Trinajstić information content (AvgIpc) is 3.56. The van der Waals surface area contributed by atoms with E-state index >= 15 is 0 Å². The smallest absolute Gasteiger partial charge is 0.240 e. The van der Waals surface area contributed by atoms with Gasteiger partial charge in [0.2, 0.25) is 11.8 Å². The summed E-state index contributed by atoms with van der Waals surface area (Å²) in [4.78, 5) is 28.5. The molecule has 8 nitrogen and oxygen atoms in total. The summed E-state index contributed by atoms with van der Waals surface area (Å²) < 4.78 is 27.2. The molecule has 0 aliphatic carbocycles. The maximum absolute atomic E-state index is 14.4.